The molecule has 2 unspecified atom stereocenters. The van der Waals surface area contributed by atoms with Gasteiger partial charge in [0.1, 0.15) is 17.7 Å². The van der Waals surface area contributed by atoms with Crippen molar-refractivity contribution in [3.05, 3.63) is 34.6 Å². The third-order valence-electron chi connectivity index (χ3n) is 5.10. The molecule has 0 radical (unpaired) electrons. The zero-order valence-corrected chi connectivity index (χ0v) is 18.5. The van der Waals surface area contributed by atoms with Gasteiger partial charge in [-0.3, -0.25) is 4.39 Å². The van der Waals surface area contributed by atoms with Crippen molar-refractivity contribution in [2.45, 2.75) is 45.3 Å². The second kappa shape index (κ2) is 10.9. The Morgan fingerprint density at radius 1 is 1.20 bits per heavy atom. The van der Waals surface area contributed by atoms with Crippen LogP contribution in [0.25, 0.3) is 11.3 Å². The van der Waals surface area contributed by atoms with Gasteiger partial charge in [-0.25, -0.2) is 9.97 Å². The standard InChI is InChI=1S/C22H29ClFN3O3/c1-4-17-21(15-8-7-14(28-3)11-16(15)23)25-18(5-2)22(26-17)27-19-12-29-13-20(19)30-10-6-9-24/h7-8,11,19-20H,4-6,9-10,12-13H2,1-3H3,(H,26,27). The quantitative estimate of drug-likeness (QED) is 0.552. The van der Waals surface area contributed by atoms with Gasteiger partial charge in [-0.05, 0) is 37.5 Å². The lowest BCUT2D eigenvalue weighted by Crippen LogP contribution is -2.35. The predicted octanol–water partition coefficient (Wildman–Crippen LogP) is 4.49. The van der Waals surface area contributed by atoms with Gasteiger partial charge in [0.25, 0.3) is 0 Å². The second-order valence-corrected chi connectivity index (χ2v) is 7.51. The van der Waals surface area contributed by atoms with E-state index in [1.54, 1.807) is 13.2 Å². The molecule has 0 amide bonds. The van der Waals surface area contributed by atoms with Crippen LogP contribution in [0.1, 0.15) is 31.7 Å². The largest absolute Gasteiger partial charge is 0.497 e. The van der Waals surface area contributed by atoms with Gasteiger partial charge in [-0.1, -0.05) is 25.4 Å². The summed E-state index contributed by atoms with van der Waals surface area (Å²) in [5, 5.41) is 4.03. The van der Waals surface area contributed by atoms with Crippen LogP contribution in [0.5, 0.6) is 5.75 Å². The third-order valence-corrected chi connectivity index (χ3v) is 5.41. The minimum absolute atomic E-state index is 0.0515. The molecule has 1 aliphatic heterocycles. The first-order valence-electron chi connectivity index (χ1n) is 10.4. The molecule has 0 bridgehead atoms. The van der Waals surface area contributed by atoms with Crippen LogP contribution in [-0.2, 0) is 22.3 Å². The molecule has 8 heteroatoms. The molecule has 2 heterocycles. The highest BCUT2D eigenvalue weighted by Gasteiger charge is 2.30. The summed E-state index contributed by atoms with van der Waals surface area (Å²) >= 11 is 6.50. The fraction of sp³-hybridized carbons (Fsp3) is 0.545. The Balaban J connectivity index is 1.88. The number of nitrogens with one attached hydrogen (secondary N) is 1. The van der Waals surface area contributed by atoms with Crippen LogP contribution in [0.3, 0.4) is 0 Å². The van der Waals surface area contributed by atoms with Gasteiger partial charge in [-0.2, -0.15) is 0 Å². The van der Waals surface area contributed by atoms with E-state index >= 15 is 0 Å². The number of nitrogens with zero attached hydrogens (tertiary/aromatic N) is 2. The molecular formula is C22H29ClFN3O3. The van der Waals surface area contributed by atoms with Crippen molar-refractivity contribution in [3.63, 3.8) is 0 Å². The molecule has 1 saturated heterocycles. The Labute approximate surface area is 182 Å². The molecule has 0 aliphatic carbocycles. The molecule has 30 heavy (non-hydrogen) atoms. The minimum atomic E-state index is -0.383. The molecule has 6 nitrogen and oxygen atoms in total. The van der Waals surface area contributed by atoms with Crippen LogP contribution < -0.4 is 10.1 Å². The van der Waals surface area contributed by atoms with Gasteiger partial charge in [0, 0.05) is 12.2 Å². The number of benzene rings is 1. The van der Waals surface area contributed by atoms with Gasteiger partial charge in [0.15, 0.2) is 0 Å². The van der Waals surface area contributed by atoms with Crippen LogP contribution in [0.2, 0.25) is 5.02 Å². The summed E-state index contributed by atoms with van der Waals surface area (Å²) in [6.45, 7) is 5.08. The van der Waals surface area contributed by atoms with E-state index in [0.29, 0.717) is 49.9 Å². The normalized spacial score (nSPS) is 18.6. The highest BCUT2D eigenvalue weighted by atomic mass is 35.5. The maximum atomic E-state index is 12.4. The van der Waals surface area contributed by atoms with Crippen molar-refractivity contribution in [2.75, 3.05) is 38.9 Å². The average molecular weight is 438 g/mol. The summed E-state index contributed by atoms with van der Waals surface area (Å²) in [4.78, 5) is 9.79. The zero-order valence-electron chi connectivity index (χ0n) is 17.7. The van der Waals surface area contributed by atoms with Gasteiger partial charge in [-0.15, -0.1) is 0 Å². The van der Waals surface area contributed by atoms with Crippen LogP contribution >= 0.6 is 11.6 Å². The summed E-state index contributed by atoms with van der Waals surface area (Å²) in [5.74, 6) is 1.43. The van der Waals surface area contributed by atoms with E-state index in [1.807, 2.05) is 26.0 Å². The molecule has 3 rings (SSSR count). The van der Waals surface area contributed by atoms with Crippen molar-refractivity contribution in [2.24, 2.45) is 0 Å². The van der Waals surface area contributed by atoms with Gasteiger partial charge >= 0.3 is 0 Å². The molecule has 0 saturated carbocycles. The van der Waals surface area contributed by atoms with Crippen molar-refractivity contribution in [3.8, 4) is 17.0 Å². The molecule has 1 aromatic carbocycles. The van der Waals surface area contributed by atoms with E-state index in [4.69, 9.17) is 35.8 Å². The Morgan fingerprint density at radius 3 is 2.67 bits per heavy atom. The van der Waals surface area contributed by atoms with E-state index in [0.717, 1.165) is 28.5 Å². The number of hydrogen-bond donors (Lipinski definition) is 1. The molecule has 1 N–H and O–H groups in total. The predicted molar refractivity (Wildman–Crippen MR) is 116 cm³/mol. The van der Waals surface area contributed by atoms with E-state index in [-0.39, 0.29) is 18.8 Å². The first-order valence-corrected chi connectivity index (χ1v) is 10.7. The maximum absolute atomic E-state index is 12.4. The van der Waals surface area contributed by atoms with Gasteiger partial charge in [0.05, 0.1) is 55.1 Å². The minimum Gasteiger partial charge on any atom is -0.497 e. The van der Waals surface area contributed by atoms with Crippen LogP contribution in [0.4, 0.5) is 10.2 Å². The van der Waals surface area contributed by atoms with Crippen LogP contribution in [-0.4, -0.2) is 55.7 Å². The fourth-order valence-corrected chi connectivity index (χ4v) is 3.70. The molecule has 0 spiro atoms. The Kier molecular flexibility index (Phi) is 8.24. The molecular weight excluding hydrogens is 409 g/mol. The average Bonchev–Trinajstić information content (AvgIpc) is 3.20. The van der Waals surface area contributed by atoms with Crippen LogP contribution in [0, 0.1) is 0 Å². The van der Waals surface area contributed by atoms with Crippen molar-refractivity contribution in [1.82, 2.24) is 9.97 Å². The number of halogens is 2. The summed E-state index contributed by atoms with van der Waals surface area (Å²) in [6, 6.07) is 5.51. The van der Waals surface area contributed by atoms with E-state index < -0.39 is 0 Å². The number of methoxy groups -OCH3 is 1. The molecule has 2 atom stereocenters. The summed E-state index contributed by atoms with van der Waals surface area (Å²) in [6.07, 6.45) is 1.67. The zero-order chi connectivity index (χ0) is 21.5. The molecule has 2 aromatic rings. The lowest BCUT2D eigenvalue weighted by Gasteiger charge is -2.22. The van der Waals surface area contributed by atoms with Crippen molar-refractivity contribution in [1.29, 1.82) is 0 Å². The fourth-order valence-electron chi connectivity index (χ4n) is 3.44. The highest BCUT2D eigenvalue weighted by Crippen LogP contribution is 2.33. The third kappa shape index (κ3) is 5.20. The van der Waals surface area contributed by atoms with Crippen molar-refractivity contribution >= 4 is 17.4 Å². The Bertz CT molecular complexity index is 853. The highest BCUT2D eigenvalue weighted by molar-refractivity contribution is 6.33. The smallest absolute Gasteiger partial charge is 0.148 e. The lowest BCUT2D eigenvalue weighted by molar-refractivity contribution is 0.0361. The number of rotatable bonds is 10. The first kappa shape index (κ1) is 22.7. The number of anilines is 1. The number of alkyl halides is 1. The Morgan fingerprint density at radius 2 is 2.00 bits per heavy atom. The SMILES string of the molecule is CCc1nc(-c2ccc(OC)cc2Cl)c(CC)nc1NC1COCC1OCCCF. The monoisotopic (exact) mass is 437 g/mol. The summed E-state index contributed by atoms with van der Waals surface area (Å²) in [7, 11) is 1.61. The summed E-state index contributed by atoms with van der Waals surface area (Å²) in [5.41, 5.74) is 3.32. The van der Waals surface area contributed by atoms with Gasteiger partial charge in [0.2, 0.25) is 0 Å². The number of aryl methyl sites for hydroxylation is 2. The second-order valence-electron chi connectivity index (χ2n) is 7.11. The van der Waals surface area contributed by atoms with Crippen LogP contribution in [0.15, 0.2) is 18.2 Å². The van der Waals surface area contributed by atoms with E-state index in [1.165, 1.54) is 0 Å². The molecule has 1 aromatic heterocycles. The van der Waals surface area contributed by atoms with E-state index in [2.05, 4.69) is 5.32 Å². The topological polar surface area (TPSA) is 65.5 Å². The Hall–Kier alpha value is -1.96. The first-order chi connectivity index (χ1) is 14.6. The number of aromatic nitrogens is 2. The molecule has 164 valence electrons. The summed E-state index contributed by atoms with van der Waals surface area (Å²) < 4.78 is 29.0. The maximum Gasteiger partial charge on any atom is 0.148 e. The number of ether oxygens (including phenoxy) is 3. The van der Waals surface area contributed by atoms with Crippen molar-refractivity contribution < 1.29 is 18.6 Å². The number of hydrogen-bond acceptors (Lipinski definition) is 6. The molecule has 1 aliphatic rings. The van der Waals surface area contributed by atoms with E-state index in [9.17, 15) is 4.39 Å². The molecule has 1 fully saturated rings. The van der Waals surface area contributed by atoms with Gasteiger partial charge < -0.3 is 19.5 Å². The lowest BCUT2D eigenvalue weighted by atomic mass is 10.1.